The predicted octanol–water partition coefficient (Wildman–Crippen LogP) is 3.50. The maximum atomic E-state index is 12.9. The van der Waals surface area contributed by atoms with Crippen molar-refractivity contribution in [3.63, 3.8) is 0 Å². The van der Waals surface area contributed by atoms with Crippen LogP contribution in [-0.4, -0.2) is 21.2 Å². The van der Waals surface area contributed by atoms with Gasteiger partial charge in [0.15, 0.2) is 5.82 Å². The summed E-state index contributed by atoms with van der Waals surface area (Å²) in [7, 11) is 0. The minimum atomic E-state index is -0.263. The van der Waals surface area contributed by atoms with Crippen molar-refractivity contribution in [1.82, 2.24) is 15.2 Å². The van der Waals surface area contributed by atoms with Crippen molar-refractivity contribution >= 4 is 17.5 Å². The first-order valence-corrected chi connectivity index (χ1v) is 7.28. The van der Waals surface area contributed by atoms with E-state index in [1.165, 1.54) is 31.4 Å². The SMILES string of the molecule is Fc1ccc(Nc2cnnc(NC3CCCCC3)n2)cc1. The van der Waals surface area contributed by atoms with Crippen LogP contribution in [0.25, 0.3) is 0 Å². The standard InChI is InChI=1S/C15H18FN5/c16-11-6-8-13(9-7-11)18-14-10-17-21-15(20-14)19-12-4-2-1-3-5-12/h6-10,12H,1-5H2,(H2,18,19,20,21). The molecule has 0 bridgehead atoms. The predicted molar refractivity (Wildman–Crippen MR) is 80.0 cm³/mol. The Morgan fingerprint density at radius 1 is 1.05 bits per heavy atom. The van der Waals surface area contributed by atoms with E-state index in [1.54, 1.807) is 18.3 Å². The van der Waals surface area contributed by atoms with Crippen molar-refractivity contribution in [1.29, 1.82) is 0 Å². The second kappa shape index (κ2) is 6.47. The molecule has 3 rings (SSSR count). The minimum absolute atomic E-state index is 0.263. The molecule has 0 radical (unpaired) electrons. The van der Waals surface area contributed by atoms with Crippen LogP contribution < -0.4 is 10.6 Å². The second-order valence-electron chi connectivity index (χ2n) is 5.28. The van der Waals surface area contributed by atoms with Gasteiger partial charge in [-0.15, -0.1) is 5.10 Å². The molecule has 1 aliphatic carbocycles. The summed E-state index contributed by atoms with van der Waals surface area (Å²) in [6.07, 6.45) is 7.66. The lowest BCUT2D eigenvalue weighted by Gasteiger charge is -2.22. The number of aromatic nitrogens is 3. The third-order valence-corrected chi connectivity index (χ3v) is 3.61. The highest BCUT2D eigenvalue weighted by Gasteiger charge is 2.14. The van der Waals surface area contributed by atoms with Crippen molar-refractivity contribution < 1.29 is 4.39 Å². The Kier molecular flexibility index (Phi) is 4.23. The lowest BCUT2D eigenvalue weighted by atomic mass is 9.96. The van der Waals surface area contributed by atoms with Crippen molar-refractivity contribution in [2.75, 3.05) is 10.6 Å². The van der Waals surface area contributed by atoms with Gasteiger partial charge in [0, 0.05) is 11.7 Å². The first-order valence-electron chi connectivity index (χ1n) is 7.28. The summed E-state index contributed by atoms with van der Waals surface area (Å²) in [5.41, 5.74) is 0.764. The monoisotopic (exact) mass is 287 g/mol. The number of hydrogen-bond acceptors (Lipinski definition) is 5. The number of halogens is 1. The average Bonchev–Trinajstić information content (AvgIpc) is 2.51. The summed E-state index contributed by atoms with van der Waals surface area (Å²) >= 11 is 0. The molecule has 110 valence electrons. The van der Waals surface area contributed by atoms with Crippen molar-refractivity contribution in [3.05, 3.63) is 36.3 Å². The molecule has 2 aromatic rings. The molecule has 1 saturated carbocycles. The Morgan fingerprint density at radius 2 is 1.81 bits per heavy atom. The maximum Gasteiger partial charge on any atom is 0.244 e. The molecule has 5 nitrogen and oxygen atoms in total. The van der Waals surface area contributed by atoms with Gasteiger partial charge in [0.1, 0.15) is 5.82 Å². The molecular weight excluding hydrogens is 269 g/mol. The van der Waals surface area contributed by atoms with E-state index < -0.39 is 0 Å². The van der Waals surface area contributed by atoms with Gasteiger partial charge in [-0.2, -0.15) is 10.1 Å². The van der Waals surface area contributed by atoms with Crippen molar-refractivity contribution in [3.8, 4) is 0 Å². The molecule has 2 N–H and O–H groups in total. The molecule has 0 unspecified atom stereocenters. The van der Waals surface area contributed by atoms with E-state index in [2.05, 4.69) is 25.8 Å². The van der Waals surface area contributed by atoms with E-state index in [0.717, 1.165) is 18.5 Å². The van der Waals surface area contributed by atoms with Crippen LogP contribution in [0.4, 0.5) is 21.8 Å². The lowest BCUT2D eigenvalue weighted by molar-refractivity contribution is 0.460. The molecule has 1 aromatic heterocycles. The quantitative estimate of drug-likeness (QED) is 0.901. The third-order valence-electron chi connectivity index (χ3n) is 3.61. The summed E-state index contributed by atoms with van der Waals surface area (Å²) in [5, 5.41) is 14.4. The molecule has 0 spiro atoms. The van der Waals surface area contributed by atoms with Gasteiger partial charge in [-0.1, -0.05) is 19.3 Å². The number of hydrogen-bond donors (Lipinski definition) is 2. The molecule has 0 atom stereocenters. The van der Waals surface area contributed by atoms with Gasteiger partial charge in [0.25, 0.3) is 0 Å². The Balaban J connectivity index is 1.66. The molecule has 21 heavy (non-hydrogen) atoms. The molecule has 1 aromatic carbocycles. The van der Waals surface area contributed by atoms with Crippen LogP contribution in [0, 0.1) is 5.82 Å². The summed E-state index contributed by atoms with van der Waals surface area (Å²) in [6.45, 7) is 0. The first kappa shape index (κ1) is 13.7. The van der Waals surface area contributed by atoms with Gasteiger partial charge in [0.05, 0.1) is 6.20 Å². The summed E-state index contributed by atoms with van der Waals surface area (Å²) in [4.78, 5) is 4.39. The van der Waals surface area contributed by atoms with Gasteiger partial charge in [-0.3, -0.25) is 0 Å². The van der Waals surface area contributed by atoms with Gasteiger partial charge < -0.3 is 10.6 Å². The van der Waals surface area contributed by atoms with E-state index in [1.807, 2.05) is 0 Å². The van der Waals surface area contributed by atoms with Crippen LogP contribution in [0.1, 0.15) is 32.1 Å². The van der Waals surface area contributed by atoms with E-state index in [0.29, 0.717) is 17.8 Å². The van der Waals surface area contributed by atoms with E-state index in [-0.39, 0.29) is 5.82 Å². The zero-order valence-electron chi connectivity index (χ0n) is 11.7. The van der Waals surface area contributed by atoms with Crippen LogP contribution in [0.15, 0.2) is 30.5 Å². The number of nitrogens with one attached hydrogen (secondary N) is 2. The minimum Gasteiger partial charge on any atom is -0.350 e. The van der Waals surface area contributed by atoms with Crippen LogP contribution in [0.5, 0.6) is 0 Å². The summed E-state index contributed by atoms with van der Waals surface area (Å²) < 4.78 is 12.9. The molecule has 0 aliphatic heterocycles. The number of nitrogens with zero attached hydrogens (tertiary/aromatic N) is 3. The molecule has 6 heteroatoms. The van der Waals surface area contributed by atoms with Crippen LogP contribution in [-0.2, 0) is 0 Å². The van der Waals surface area contributed by atoms with Gasteiger partial charge in [-0.05, 0) is 37.1 Å². The van der Waals surface area contributed by atoms with Crippen LogP contribution in [0.3, 0.4) is 0 Å². The van der Waals surface area contributed by atoms with Crippen LogP contribution in [0.2, 0.25) is 0 Å². The number of benzene rings is 1. The van der Waals surface area contributed by atoms with E-state index >= 15 is 0 Å². The fourth-order valence-corrected chi connectivity index (χ4v) is 2.54. The molecule has 0 saturated heterocycles. The van der Waals surface area contributed by atoms with Crippen molar-refractivity contribution in [2.45, 2.75) is 38.1 Å². The van der Waals surface area contributed by atoms with Crippen molar-refractivity contribution in [2.24, 2.45) is 0 Å². The zero-order valence-corrected chi connectivity index (χ0v) is 11.7. The largest absolute Gasteiger partial charge is 0.350 e. The average molecular weight is 287 g/mol. The second-order valence-corrected chi connectivity index (χ2v) is 5.28. The maximum absolute atomic E-state index is 12.9. The fourth-order valence-electron chi connectivity index (χ4n) is 2.54. The van der Waals surface area contributed by atoms with Gasteiger partial charge >= 0.3 is 0 Å². The number of anilines is 3. The Morgan fingerprint density at radius 3 is 2.57 bits per heavy atom. The summed E-state index contributed by atoms with van der Waals surface area (Å²) in [6, 6.07) is 6.55. The highest BCUT2D eigenvalue weighted by molar-refractivity contribution is 5.55. The Labute approximate surface area is 123 Å². The van der Waals surface area contributed by atoms with E-state index in [9.17, 15) is 4.39 Å². The summed E-state index contributed by atoms with van der Waals surface area (Å²) in [5.74, 6) is 0.866. The normalized spacial score (nSPS) is 15.7. The molecular formula is C15H18FN5. The van der Waals surface area contributed by atoms with Gasteiger partial charge in [-0.25, -0.2) is 4.39 Å². The molecule has 1 aliphatic rings. The number of rotatable bonds is 4. The highest BCUT2D eigenvalue weighted by Crippen LogP contribution is 2.21. The van der Waals surface area contributed by atoms with E-state index in [4.69, 9.17) is 0 Å². The van der Waals surface area contributed by atoms with Crippen LogP contribution >= 0.6 is 0 Å². The van der Waals surface area contributed by atoms with Gasteiger partial charge in [0.2, 0.25) is 5.95 Å². The molecule has 1 fully saturated rings. The topological polar surface area (TPSA) is 62.7 Å². The Hall–Kier alpha value is -2.24. The lowest BCUT2D eigenvalue weighted by Crippen LogP contribution is -2.23. The first-order chi connectivity index (χ1) is 10.3. The Bertz CT molecular complexity index is 581. The zero-order chi connectivity index (χ0) is 14.5. The smallest absolute Gasteiger partial charge is 0.244 e. The fraction of sp³-hybridized carbons (Fsp3) is 0.400. The third kappa shape index (κ3) is 3.87. The molecule has 0 amide bonds. The molecule has 1 heterocycles. The highest BCUT2D eigenvalue weighted by atomic mass is 19.1.